The van der Waals surface area contributed by atoms with Crippen LogP contribution in [0.1, 0.15) is 31.5 Å². The van der Waals surface area contributed by atoms with Crippen molar-refractivity contribution in [3.05, 3.63) is 40.3 Å². The Kier molecular flexibility index (Phi) is 7.57. The molecule has 0 spiro atoms. The standard InChI is InChI=1S/C22H25Cl2N7O4S/c1-11(27-22(32)35-2)10-26-21-25-7-6-15(28-21)19-18(29-20(30-19)12-4-5-12)14-8-13(23)9-16(17(14)24)31-36(3,33)34/h6-9,11-12,31H,4-5,10H2,1-3H3,(H,27,32)(H,29,30)(H,25,26,28). The average Bonchev–Trinajstić information content (AvgIpc) is 3.57. The molecule has 4 N–H and O–H groups in total. The minimum absolute atomic E-state index is 0.153. The number of aromatic nitrogens is 4. The van der Waals surface area contributed by atoms with Crippen LogP contribution in [0.3, 0.4) is 0 Å². The number of rotatable bonds is 9. The number of anilines is 2. The predicted octanol–water partition coefficient (Wildman–Crippen LogP) is 4.25. The second kappa shape index (κ2) is 10.5. The van der Waals surface area contributed by atoms with Crippen molar-refractivity contribution >= 4 is 51.0 Å². The Labute approximate surface area is 218 Å². The van der Waals surface area contributed by atoms with Crippen LogP contribution in [0.5, 0.6) is 0 Å². The number of carbonyl (C=O) groups is 1. The quantitative estimate of drug-likeness (QED) is 0.307. The lowest BCUT2D eigenvalue weighted by Gasteiger charge is -2.14. The Balaban J connectivity index is 1.70. The molecule has 192 valence electrons. The number of aromatic amines is 1. The van der Waals surface area contributed by atoms with Gasteiger partial charge in [-0.05, 0) is 38.0 Å². The summed E-state index contributed by atoms with van der Waals surface area (Å²) >= 11 is 12.9. The summed E-state index contributed by atoms with van der Waals surface area (Å²) in [5.74, 6) is 1.43. The SMILES string of the molecule is COC(=O)NC(C)CNc1nccc(-c2[nH]c(C3CC3)nc2-c2cc(Cl)cc(NS(C)(=O)=O)c2Cl)n1. The third-order valence-electron chi connectivity index (χ3n) is 5.30. The van der Waals surface area contributed by atoms with Crippen LogP contribution < -0.4 is 15.4 Å². The van der Waals surface area contributed by atoms with Gasteiger partial charge >= 0.3 is 6.09 Å². The number of nitrogens with one attached hydrogen (secondary N) is 4. The molecule has 0 aliphatic heterocycles. The molecule has 11 nitrogen and oxygen atoms in total. The highest BCUT2D eigenvalue weighted by atomic mass is 35.5. The van der Waals surface area contributed by atoms with Gasteiger partial charge in [-0.25, -0.2) is 28.2 Å². The summed E-state index contributed by atoms with van der Waals surface area (Å²) in [6, 6.07) is 4.57. The number of nitrogens with zero attached hydrogens (tertiary/aromatic N) is 3. The number of ether oxygens (including phenoxy) is 1. The van der Waals surface area contributed by atoms with Gasteiger partial charge in [0.1, 0.15) is 5.82 Å². The zero-order valence-corrected chi connectivity index (χ0v) is 22.1. The van der Waals surface area contributed by atoms with Crippen LogP contribution in [0.4, 0.5) is 16.4 Å². The zero-order valence-electron chi connectivity index (χ0n) is 19.7. The van der Waals surface area contributed by atoms with E-state index in [-0.39, 0.29) is 16.8 Å². The summed E-state index contributed by atoms with van der Waals surface area (Å²) in [7, 11) is -2.29. The molecule has 0 bridgehead atoms. The highest BCUT2D eigenvalue weighted by molar-refractivity contribution is 7.92. The highest BCUT2D eigenvalue weighted by Crippen LogP contribution is 2.44. The first-order valence-corrected chi connectivity index (χ1v) is 13.7. The van der Waals surface area contributed by atoms with Gasteiger partial charge < -0.3 is 20.4 Å². The molecule has 1 unspecified atom stereocenters. The van der Waals surface area contributed by atoms with Crippen molar-refractivity contribution in [3.63, 3.8) is 0 Å². The fourth-order valence-corrected chi connectivity index (χ4v) is 4.58. The number of carbonyl (C=O) groups excluding carboxylic acids is 1. The first-order chi connectivity index (χ1) is 17.0. The molecule has 2 heterocycles. The van der Waals surface area contributed by atoms with Crippen LogP contribution in [0.25, 0.3) is 22.6 Å². The largest absolute Gasteiger partial charge is 0.453 e. The molecule has 1 atom stereocenters. The van der Waals surface area contributed by atoms with Gasteiger partial charge in [-0.3, -0.25) is 4.72 Å². The van der Waals surface area contributed by atoms with E-state index in [1.807, 2.05) is 6.92 Å². The second-order valence-corrected chi connectivity index (χ2v) is 11.1. The zero-order chi connectivity index (χ0) is 26.0. The molecule has 1 fully saturated rings. The summed E-state index contributed by atoms with van der Waals surface area (Å²) in [6.45, 7) is 2.17. The smallest absolute Gasteiger partial charge is 0.407 e. The lowest BCUT2D eigenvalue weighted by molar-refractivity contribution is 0.168. The second-order valence-electron chi connectivity index (χ2n) is 8.49. The van der Waals surface area contributed by atoms with Crippen LogP contribution >= 0.6 is 23.2 Å². The molecule has 0 radical (unpaired) electrons. The van der Waals surface area contributed by atoms with Gasteiger partial charge in [-0.15, -0.1) is 0 Å². The van der Waals surface area contributed by atoms with Crippen molar-refractivity contribution in [2.75, 3.05) is 29.9 Å². The maximum absolute atomic E-state index is 11.8. The van der Waals surface area contributed by atoms with Gasteiger partial charge in [0.15, 0.2) is 0 Å². The Bertz CT molecular complexity index is 1390. The van der Waals surface area contributed by atoms with Crippen molar-refractivity contribution in [3.8, 4) is 22.6 Å². The number of alkyl carbamates (subject to hydrolysis) is 1. The van der Waals surface area contributed by atoms with E-state index in [0.29, 0.717) is 46.1 Å². The number of sulfonamides is 1. The van der Waals surface area contributed by atoms with Crippen LogP contribution in [-0.2, 0) is 14.8 Å². The number of benzene rings is 1. The molecular weight excluding hydrogens is 529 g/mol. The van der Waals surface area contributed by atoms with Crippen molar-refractivity contribution in [1.29, 1.82) is 0 Å². The third kappa shape index (κ3) is 6.37. The van der Waals surface area contributed by atoms with Crippen molar-refractivity contribution in [2.24, 2.45) is 0 Å². The van der Waals surface area contributed by atoms with Gasteiger partial charge in [-0.2, -0.15) is 0 Å². The van der Waals surface area contributed by atoms with Crippen LogP contribution in [0.2, 0.25) is 10.0 Å². The molecule has 1 amide bonds. The van der Waals surface area contributed by atoms with Crippen LogP contribution in [0.15, 0.2) is 24.4 Å². The number of imidazole rings is 1. The first kappa shape index (κ1) is 26.0. The minimum atomic E-state index is -3.59. The van der Waals surface area contributed by atoms with Gasteiger partial charge in [0.25, 0.3) is 0 Å². The highest BCUT2D eigenvalue weighted by Gasteiger charge is 2.30. The molecule has 36 heavy (non-hydrogen) atoms. The molecule has 14 heteroatoms. The Morgan fingerprint density at radius 3 is 2.69 bits per heavy atom. The van der Waals surface area contributed by atoms with E-state index >= 15 is 0 Å². The fourth-order valence-electron chi connectivity index (χ4n) is 3.50. The normalized spacial score (nSPS) is 14.2. The van der Waals surface area contributed by atoms with Gasteiger partial charge in [0, 0.05) is 35.3 Å². The summed E-state index contributed by atoms with van der Waals surface area (Å²) in [5.41, 5.74) is 2.24. The van der Waals surface area contributed by atoms with Gasteiger partial charge in [-0.1, -0.05) is 23.2 Å². The lowest BCUT2D eigenvalue weighted by Crippen LogP contribution is -2.37. The van der Waals surface area contributed by atoms with E-state index in [0.717, 1.165) is 24.9 Å². The van der Waals surface area contributed by atoms with E-state index < -0.39 is 16.1 Å². The Morgan fingerprint density at radius 1 is 1.28 bits per heavy atom. The molecule has 4 rings (SSSR count). The van der Waals surface area contributed by atoms with E-state index in [4.69, 9.17) is 28.2 Å². The summed E-state index contributed by atoms with van der Waals surface area (Å²) < 4.78 is 30.7. The van der Waals surface area contributed by atoms with Crippen molar-refractivity contribution in [2.45, 2.75) is 31.7 Å². The Hall–Kier alpha value is -3.09. The molecule has 1 saturated carbocycles. The topological polar surface area (TPSA) is 151 Å². The van der Waals surface area contributed by atoms with Gasteiger partial charge in [0.05, 0.1) is 41.2 Å². The third-order valence-corrected chi connectivity index (χ3v) is 6.52. The van der Waals surface area contributed by atoms with E-state index in [9.17, 15) is 13.2 Å². The molecule has 2 aromatic heterocycles. The summed E-state index contributed by atoms with van der Waals surface area (Å²) in [4.78, 5) is 28.4. The monoisotopic (exact) mass is 553 g/mol. The Morgan fingerprint density at radius 2 is 2.03 bits per heavy atom. The number of hydrogen-bond donors (Lipinski definition) is 4. The first-order valence-electron chi connectivity index (χ1n) is 11.0. The molecular formula is C22H25Cl2N7O4S. The van der Waals surface area contributed by atoms with Crippen LogP contribution in [-0.4, -0.2) is 60.4 Å². The number of halogens is 2. The van der Waals surface area contributed by atoms with Crippen LogP contribution in [0, 0.1) is 0 Å². The predicted molar refractivity (Wildman–Crippen MR) is 139 cm³/mol. The van der Waals surface area contributed by atoms with Crippen molar-refractivity contribution in [1.82, 2.24) is 25.3 Å². The van der Waals surface area contributed by atoms with E-state index in [1.54, 1.807) is 18.3 Å². The van der Waals surface area contributed by atoms with Gasteiger partial charge in [0.2, 0.25) is 16.0 Å². The molecule has 0 saturated heterocycles. The molecule has 1 aliphatic rings. The average molecular weight is 554 g/mol. The molecule has 1 aromatic carbocycles. The van der Waals surface area contributed by atoms with E-state index in [1.165, 1.54) is 13.2 Å². The molecule has 1 aliphatic carbocycles. The lowest BCUT2D eigenvalue weighted by atomic mass is 10.1. The van der Waals surface area contributed by atoms with E-state index in [2.05, 4.69) is 35.0 Å². The fraction of sp³-hybridized carbons (Fsp3) is 0.364. The number of H-pyrrole nitrogens is 1. The summed E-state index contributed by atoms with van der Waals surface area (Å²) in [6.07, 6.45) is 4.13. The maximum atomic E-state index is 11.8. The number of hydrogen-bond acceptors (Lipinski definition) is 8. The minimum Gasteiger partial charge on any atom is -0.453 e. The maximum Gasteiger partial charge on any atom is 0.407 e. The number of amides is 1. The number of methoxy groups -OCH3 is 1. The molecule has 3 aromatic rings. The summed E-state index contributed by atoms with van der Waals surface area (Å²) in [5, 5.41) is 6.20. The van der Waals surface area contributed by atoms with Crippen molar-refractivity contribution < 1.29 is 17.9 Å².